The minimum absolute atomic E-state index is 0.427. The molecule has 1 fully saturated rings. The Balaban J connectivity index is 1.76. The van der Waals surface area contributed by atoms with Crippen molar-refractivity contribution in [1.82, 2.24) is 15.5 Å². The van der Waals surface area contributed by atoms with Crippen LogP contribution in [0, 0.1) is 6.92 Å². The van der Waals surface area contributed by atoms with Crippen molar-refractivity contribution in [3.63, 3.8) is 0 Å². The van der Waals surface area contributed by atoms with Crippen LogP contribution in [0.3, 0.4) is 0 Å². The van der Waals surface area contributed by atoms with Crippen LogP contribution < -0.4 is 5.32 Å². The average molecular weight is 197 g/mol. The van der Waals surface area contributed by atoms with Crippen LogP contribution in [0.4, 0.5) is 0 Å². The van der Waals surface area contributed by atoms with Gasteiger partial charge in [0.05, 0.1) is 13.2 Å². The summed E-state index contributed by atoms with van der Waals surface area (Å²) < 4.78 is 10.3. The lowest BCUT2D eigenvalue weighted by molar-refractivity contribution is 0.0689. The van der Waals surface area contributed by atoms with Gasteiger partial charge in [0, 0.05) is 12.6 Å². The zero-order valence-corrected chi connectivity index (χ0v) is 8.32. The number of ether oxygens (including phenoxy) is 1. The fraction of sp³-hybridized carbons (Fsp3) is 0.778. The lowest BCUT2D eigenvalue weighted by Crippen LogP contribution is -2.36. The molecule has 1 aromatic rings. The number of aryl methyl sites for hydroxylation is 1. The Bertz CT molecular complexity index is 281. The molecule has 1 saturated heterocycles. The van der Waals surface area contributed by atoms with Gasteiger partial charge in [0.1, 0.15) is 0 Å². The van der Waals surface area contributed by atoms with Gasteiger partial charge >= 0.3 is 0 Å². The van der Waals surface area contributed by atoms with Gasteiger partial charge in [-0.15, -0.1) is 0 Å². The fourth-order valence-electron chi connectivity index (χ4n) is 1.55. The number of rotatable bonds is 3. The van der Waals surface area contributed by atoms with Crippen LogP contribution in [0.25, 0.3) is 0 Å². The van der Waals surface area contributed by atoms with Crippen molar-refractivity contribution in [2.75, 3.05) is 13.2 Å². The SMILES string of the molecule is Cc1noc(CNC2CCCOC2)n1. The molecule has 0 radical (unpaired) electrons. The van der Waals surface area contributed by atoms with Gasteiger partial charge in [-0.2, -0.15) is 4.98 Å². The highest BCUT2D eigenvalue weighted by atomic mass is 16.5. The average Bonchev–Trinajstić information content (AvgIpc) is 2.63. The first-order valence-electron chi connectivity index (χ1n) is 4.95. The maximum atomic E-state index is 5.35. The summed E-state index contributed by atoms with van der Waals surface area (Å²) in [6.07, 6.45) is 2.29. The zero-order chi connectivity index (χ0) is 9.80. The molecule has 5 nitrogen and oxygen atoms in total. The van der Waals surface area contributed by atoms with Crippen LogP contribution in [0.1, 0.15) is 24.6 Å². The molecule has 1 aromatic heterocycles. The van der Waals surface area contributed by atoms with E-state index in [0.717, 1.165) is 26.1 Å². The van der Waals surface area contributed by atoms with Crippen LogP contribution in [0.5, 0.6) is 0 Å². The molecule has 1 unspecified atom stereocenters. The van der Waals surface area contributed by atoms with E-state index in [2.05, 4.69) is 15.5 Å². The number of aromatic nitrogens is 2. The first-order valence-corrected chi connectivity index (χ1v) is 4.95. The Morgan fingerprint density at radius 1 is 1.57 bits per heavy atom. The van der Waals surface area contributed by atoms with Crippen LogP contribution in [0.15, 0.2) is 4.52 Å². The standard InChI is InChI=1S/C9H15N3O2/c1-7-11-9(14-12-7)5-10-8-3-2-4-13-6-8/h8,10H,2-6H2,1H3. The van der Waals surface area contributed by atoms with E-state index in [0.29, 0.717) is 24.3 Å². The number of hydrogen-bond donors (Lipinski definition) is 1. The molecule has 1 atom stereocenters. The fourth-order valence-corrected chi connectivity index (χ4v) is 1.55. The Labute approximate surface area is 82.8 Å². The third-order valence-electron chi connectivity index (χ3n) is 2.27. The summed E-state index contributed by atoms with van der Waals surface area (Å²) in [6, 6.07) is 0.427. The molecule has 2 rings (SSSR count). The molecule has 0 amide bonds. The van der Waals surface area contributed by atoms with Crippen molar-refractivity contribution < 1.29 is 9.26 Å². The van der Waals surface area contributed by atoms with E-state index >= 15 is 0 Å². The number of nitrogens with one attached hydrogen (secondary N) is 1. The minimum Gasteiger partial charge on any atom is -0.380 e. The van der Waals surface area contributed by atoms with E-state index in [1.165, 1.54) is 0 Å². The molecule has 0 spiro atoms. The first kappa shape index (κ1) is 9.61. The maximum Gasteiger partial charge on any atom is 0.240 e. The quantitative estimate of drug-likeness (QED) is 0.770. The highest BCUT2D eigenvalue weighted by molar-refractivity contribution is 4.83. The lowest BCUT2D eigenvalue weighted by atomic mass is 10.1. The van der Waals surface area contributed by atoms with Gasteiger partial charge < -0.3 is 14.6 Å². The van der Waals surface area contributed by atoms with Gasteiger partial charge in [-0.1, -0.05) is 5.16 Å². The van der Waals surface area contributed by atoms with Crippen LogP contribution in [-0.4, -0.2) is 29.4 Å². The van der Waals surface area contributed by atoms with E-state index < -0.39 is 0 Å². The molecule has 1 N–H and O–H groups in total. The highest BCUT2D eigenvalue weighted by Crippen LogP contribution is 2.06. The molecule has 0 saturated carbocycles. The minimum atomic E-state index is 0.427. The highest BCUT2D eigenvalue weighted by Gasteiger charge is 2.14. The lowest BCUT2D eigenvalue weighted by Gasteiger charge is -2.22. The maximum absolute atomic E-state index is 5.35. The summed E-state index contributed by atoms with van der Waals surface area (Å²) in [5, 5.41) is 7.05. The summed E-state index contributed by atoms with van der Waals surface area (Å²) in [6.45, 7) is 4.12. The second kappa shape index (κ2) is 4.52. The van der Waals surface area contributed by atoms with Crippen LogP contribution in [-0.2, 0) is 11.3 Å². The molecule has 2 heterocycles. The van der Waals surface area contributed by atoms with Crippen molar-refractivity contribution in [3.05, 3.63) is 11.7 Å². The van der Waals surface area contributed by atoms with Gasteiger partial charge in [0.15, 0.2) is 5.82 Å². The third-order valence-corrected chi connectivity index (χ3v) is 2.27. The molecule has 14 heavy (non-hydrogen) atoms. The third kappa shape index (κ3) is 2.52. The molecule has 1 aliphatic heterocycles. The Kier molecular flexibility index (Phi) is 3.10. The number of nitrogens with zero attached hydrogens (tertiary/aromatic N) is 2. The first-order chi connectivity index (χ1) is 6.84. The molecular weight excluding hydrogens is 182 g/mol. The Morgan fingerprint density at radius 3 is 3.14 bits per heavy atom. The summed E-state index contributed by atoms with van der Waals surface area (Å²) in [4.78, 5) is 4.11. The van der Waals surface area contributed by atoms with Crippen molar-refractivity contribution in [2.24, 2.45) is 0 Å². The smallest absolute Gasteiger partial charge is 0.240 e. The van der Waals surface area contributed by atoms with E-state index in [4.69, 9.17) is 9.26 Å². The van der Waals surface area contributed by atoms with Gasteiger partial charge in [-0.05, 0) is 19.8 Å². The normalized spacial score (nSPS) is 22.5. The second-order valence-corrected chi connectivity index (χ2v) is 3.53. The molecule has 0 bridgehead atoms. The monoisotopic (exact) mass is 197 g/mol. The molecule has 0 aromatic carbocycles. The van der Waals surface area contributed by atoms with Gasteiger partial charge in [-0.25, -0.2) is 0 Å². The van der Waals surface area contributed by atoms with E-state index in [1.54, 1.807) is 0 Å². The number of hydrogen-bond acceptors (Lipinski definition) is 5. The molecule has 78 valence electrons. The Hall–Kier alpha value is -0.940. The largest absolute Gasteiger partial charge is 0.380 e. The van der Waals surface area contributed by atoms with Crippen molar-refractivity contribution in [3.8, 4) is 0 Å². The van der Waals surface area contributed by atoms with Crippen molar-refractivity contribution in [1.29, 1.82) is 0 Å². The second-order valence-electron chi connectivity index (χ2n) is 3.53. The predicted octanol–water partition coefficient (Wildman–Crippen LogP) is 0.647. The topological polar surface area (TPSA) is 60.2 Å². The van der Waals surface area contributed by atoms with Gasteiger partial charge in [0.25, 0.3) is 0 Å². The summed E-state index contributed by atoms with van der Waals surface area (Å²) in [5.74, 6) is 1.33. The van der Waals surface area contributed by atoms with E-state index in [1.807, 2.05) is 6.92 Å². The van der Waals surface area contributed by atoms with Crippen molar-refractivity contribution >= 4 is 0 Å². The molecule has 1 aliphatic rings. The van der Waals surface area contributed by atoms with E-state index in [9.17, 15) is 0 Å². The van der Waals surface area contributed by atoms with E-state index in [-0.39, 0.29) is 0 Å². The van der Waals surface area contributed by atoms with Gasteiger partial charge in [-0.3, -0.25) is 0 Å². The Morgan fingerprint density at radius 2 is 2.50 bits per heavy atom. The zero-order valence-electron chi connectivity index (χ0n) is 8.32. The van der Waals surface area contributed by atoms with Crippen molar-refractivity contribution in [2.45, 2.75) is 32.4 Å². The molecule has 0 aliphatic carbocycles. The van der Waals surface area contributed by atoms with Crippen LogP contribution in [0.2, 0.25) is 0 Å². The predicted molar refractivity (Wildman–Crippen MR) is 49.7 cm³/mol. The summed E-state index contributed by atoms with van der Waals surface area (Å²) >= 11 is 0. The summed E-state index contributed by atoms with van der Waals surface area (Å²) in [7, 11) is 0. The molecule has 5 heteroatoms. The van der Waals surface area contributed by atoms with Crippen LogP contribution >= 0.6 is 0 Å². The van der Waals surface area contributed by atoms with Gasteiger partial charge in [0.2, 0.25) is 5.89 Å². The molecular formula is C9H15N3O2. The summed E-state index contributed by atoms with van der Waals surface area (Å²) in [5.41, 5.74) is 0.